The van der Waals surface area contributed by atoms with Crippen molar-refractivity contribution in [1.82, 2.24) is 0 Å². The van der Waals surface area contributed by atoms with Gasteiger partial charge >= 0.3 is 0 Å². The fourth-order valence-corrected chi connectivity index (χ4v) is 8.32. The van der Waals surface area contributed by atoms with Crippen LogP contribution in [0.1, 0.15) is 11.1 Å². The minimum Gasteiger partial charge on any atom is -0.336 e. The second kappa shape index (κ2) is 11.2. The van der Waals surface area contributed by atoms with Gasteiger partial charge in [0.1, 0.15) is 0 Å². The largest absolute Gasteiger partial charge is 0.336 e. The summed E-state index contributed by atoms with van der Waals surface area (Å²) in [5.74, 6) is 0. The van der Waals surface area contributed by atoms with Crippen LogP contribution in [0, 0.1) is 11.3 Å². The molecule has 232 valence electrons. The van der Waals surface area contributed by atoms with Gasteiger partial charge in [-0.1, -0.05) is 140 Å². The quantitative estimate of drug-likeness (QED) is 0.142. The lowest BCUT2D eigenvalue weighted by Crippen LogP contribution is -2.20. The Balaban J connectivity index is 1.30. The SMILES string of the molecule is N#Cc1ccc2c3c1ccc1c(-c4ccc5c(-c6ccccc6)c6ccccc6c(-c6ccccc6)c5c4)ccc(c13)N(c1ccccc1)C2. The van der Waals surface area contributed by atoms with E-state index in [9.17, 15) is 5.26 Å². The highest BCUT2D eigenvalue weighted by atomic mass is 15.1. The number of hydrogen-bond donors (Lipinski definition) is 0. The second-order valence-electron chi connectivity index (χ2n) is 13.1. The molecule has 10 rings (SSSR count). The van der Waals surface area contributed by atoms with Crippen LogP contribution in [0.15, 0.2) is 170 Å². The number of benzene rings is 9. The molecule has 0 saturated heterocycles. The molecule has 9 aromatic rings. The van der Waals surface area contributed by atoms with Gasteiger partial charge in [0.2, 0.25) is 0 Å². The molecule has 0 fully saturated rings. The van der Waals surface area contributed by atoms with Crippen LogP contribution in [0.4, 0.5) is 11.4 Å². The first-order chi connectivity index (χ1) is 24.8. The summed E-state index contributed by atoms with van der Waals surface area (Å²) in [6.07, 6.45) is 0. The molecule has 0 unspecified atom stereocenters. The molecule has 2 nitrogen and oxygen atoms in total. The van der Waals surface area contributed by atoms with Gasteiger partial charge in [-0.05, 0) is 102 Å². The van der Waals surface area contributed by atoms with Crippen molar-refractivity contribution >= 4 is 54.5 Å². The van der Waals surface area contributed by atoms with E-state index in [1.54, 1.807) is 0 Å². The Morgan fingerprint density at radius 3 is 1.70 bits per heavy atom. The molecule has 50 heavy (non-hydrogen) atoms. The lowest BCUT2D eigenvalue weighted by atomic mass is 9.83. The molecular weight excluding hydrogens is 605 g/mol. The Morgan fingerprint density at radius 1 is 0.440 bits per heavy atom. The lowest BCUT2D eigenvalue weighted by Gasteiger charge is -2.32. The maximum atomic E-state index is 10.1. The van der Waals surface area contributed by atoms with Crippen molar-refractivity contribution in [3.63, 3.8) is 0 Å². The van der Waals surface area contributed by atoms with Gasteiger partial charge in [0, 0.05) is 28.7 Å². The molecular formula is C48H30N2. The molecule has 1 aliphatic heterocycles. The fourth-order valence-electron chi connectivity index (χ4n) is 8.32. The molecule has 2 heteroatoms. The van der Waals surface area contributed by atoms with Crippen LogP contribution in [0.5, 0.6) is 0 Å². The Morgan fingerprint density at radius 2 is 1.02 bits per heavy atom. The lowest BCUT2D eigenvalue weighted by molar-refractivity contribution is 0.982. The number of rotatable bonds is 4. The number of fused-ring (bicyclic) bond motifs is 2. The van der Waals surface area contributed by atoms with Gasteiger partial charge in [-0.2, -0.15) is 5.26 Å². The summed E-state index contributed by atoms with van der Waals surface area (Å²) >= 11 is 0. The highest BCUT2D eigenvalue weighted by Crippen LogP contribution is 2.49. The first kappa shape index (κ1) is 28.3. The van der Waals surface area contributed by atoms with Crippen molar-refractivity contribution < 1.29 is 0 Å². The first-order valence-corrected chi connectivity index (χ1v) is 17.1. The summed E-state index contributed by atoms with van der Waals surface area (Å²) in [6.45, 7) is 0.753. The average molecular weight is 635 g/mol. The van der Waals surface area contributed by atoms with E-state index >= 15 is 0 Å². The van der Waals surface area contributed by atoms with E-state index in [0.717, 1.165) is 17.6 Å². The van der Waals surface area contributed by atoms with Crippen LogP contribution >= 0.6 is 0 Å². The van der Waals surface area contributed by atoms with Crippen molar-refractivity contribution in [1.29, 1.82) is 5.26 Å². The third kappa shape index (κ3) is 4.21. The van der Waals surface area contributed by atoms with Crippen molar-refractivity contribution in [3.8, 4) is 39.4 Å². The summed E-state index contributed by atoms with van der Waals surface area (Å²) in [7, 11) is 0. The van der Waals surface area contributed by atoms with Gasteiger partial charge in [-0.25, -0.2) is 0 Å². The third-order valence-corrected chi connectivity index (χ3v) is 10.5. The number of nitriles is 1. The van der Waals surface area contributed by atoms with E-state index < -0.39 is 0 Å². The van der Waals surface area contributed by atoms with Gasteiger partial charge in [0.15, 0.2) is 0 Å². The zero-order chi connectivity index (χ0) is 33.2. The van der Waals surface area contributed by atoms with E-state index in [1.165, 1.54) is 82.3 Å². The zero-order valence-electron chi connectivity index (χ0n) is 27.3. The summed E-state index contributed by atoms with van der Waals surface area (Å²) in [4.78, 5) is 2.41. The highest BCUT2D eigenvalue weighted by molar-refractivity contribution is 6.24. The Bertz CT molecular complexity index is 2830. The van der Waals surface area contributed by atoms with E-state index in [0.29, 0.717) is 5.56 Å². The van der Waals surface area contributed by atoms with Crippen LogP contribution < -0.4 is 4.90 Å². The van der Waals surface area contributed by atoms with E-state index in [1.807, 2.05) is 6.07 Å². The molecule has 0 aliphatic carbocycles. The third-order valence-electron chi connectivity index (χ3n) is 10.5. The van der Waals surface area contributed by atoms with Gasteiger partial charge in [-0.15, -0.1) is 0 Å². The molecule has 1 aliphatic rings. The molecule has 0 amide bonds. The van der Waals surface area contributed by atoms with Gasteiger partial charge in [0.25, 0.3) is 0 Å². The van der Waals surface area contributed by atoms with Crippen molar-refractivity contribution in [2.75, 3.05) is 4.90 Å². The van der Waals surface area contributed by atoms with Crippen molar-refractivity contribution in [2.45, 2.75) is 6.54 Å². The van der Waals surface area contributed by atoms with Crippen LogP contribution in [0.2, 0.25) is 0 Å². The molecule has 0 atom stereocenters. The predicted molar refractivity (Wildman–Crippen MR) is 210 cm³/mol. The maximum Gasteiger partial charge on any atom is 0.0998 e. The minimum absolute atomic E-state index is 0.716. The summed E-state index contributed by atoms with van der Waals surface area (Å²) in [5.41, 5.74) is 11.6. The van der Waals surface area contributed by atoms with Crippen LogP contribution in [0.25, 0.3) is 76.5 Å². The van der Waals surface area contributed by atoms with Crippen molar-refractivity contribution in [3.05, 3.63) is 181 Å². The minimum atomic E-state index is 0.716. The monoisotopic (exact) mass is 634 g/mol. The molecule has 0 saturated carbocycles. The fraction of sp³-hybridized carbons (Fsp3) is 0.0208. The van der Waals surface area contributed by atoms with Crippen molar-refractivity contribution in [2.24, 2.45) is 0 Å². The number of anilines is 2. The Labute approximate surface area is 290 Å². The van der Waals surface area contributed by atoms with E-state index in [2.05, 4.69) is 175 Å². The summed E-state index contributed by atoms with van der Waals surface area (Å²) in [5, 5.41) is 19.7. The second-order valence-corrected chi connectivity index (χ2v) is 13.1. The Kier molecular flexibility index (Phi) is 6.34. The van der Waals surface area contributed by atoms with Gasteiger partial charge in [-0.3, -0.25) is 0 Å². The molecule has 0 bridgehead atoms. The maximum absolute atomic E-state index is 10.1. The molecule has 0 aromatic heterocycles. The first-order valence-electron chi connectivity index (χ1n) is 17.1. The average Bonchev–Trinajstić information content (AvgIpc) is 3.19. The van der Waals surface area contributed by atoms with Crippen LogP contribution in [-0.2, 0) is 6.54 Å². The number of para-hydroxylation sites is 1. The zero-order valence-corrected chi connectivity index (χ0v) is 27.3. The van der Waals surface area contributed by atoms with Gasteiger partial charge in [0.05, 0.1) is 11.6 Å². The van der Waals surface area contributed by atoms with E-state index in [4.69, 9.17) is 0 Å². The summed E-state index contributed by atoms with van der Waals surface area (Å²) < 4.78 is 0. The standard InChI is InChI=1S/C48H30N2/c49-29-34-20-21-35-30-50(36-16-8-3-9-17-36)44-27-26-37(41-25-24-38(34)47(35)48(41)44)33-22-23-42-43(28-33)46(32-14-6-2-7-15-32)40-19-11-10-18-39(40)45(42)31-12-4-1-5-13-31/h1-28H,30H2. The topological polar surface area (TPSA) is 27.0 Å². The molecule has 9 aromatic carbocycles. The van der Waals surface area contributed by atoms with E-state index in [-0.39, 0.29) is 0 Å². The Hall–Kier alpha value is -6.69. The molecule has 0 spiro atoms. The number of hydrogen-bond acceptors (Lipinski definition) is 2. The van der Waals surface area contributed by atoms with Crippen LogP contribution in [-0.4, -0.2) is 0 Å². The van der Waals surface area contributed by atoms with Gasteiger partial charge < -0.3 is 4.90 Å². The number of nitrogens with zero attached hydrogens (tertiary/aromatic N) is 2. The molecule has 0 N–H and O–H groups in total. The smallest absolute Gasteiger partial charge is 0.0998 e. The predicted octanol–water partition coefficient (Wildman–Crippen LogP) is 12.8. The molecule has 0 radical (unpaired) electrons. The normalized spacial score (nSPS) is 12.3. The summed E-state index contributed by atoms with van der Waals surface area (Å²) in [6, 6.07) is 63.6. The van der Waals surface area contributed by atoms with Crippen LogP contribution in [0.3, 0.4) is 0 Å². The highest BCUT2D eigenvalue weighted by Gasteiger charge is 2.25. The molecule has 1 heterocycles.